The predicted molar refractivity (Wildman–Crippen MR) is 299 cm³/mol. The number of pyridine rings is 4. The number of hydrogen-bond donors (Lipinski definition) is 2. The van der Waals surface area contributed by atoms with E-state index in [2.05, 4.69) is 56.8 Å². The van der Waals surface area contributed by atoms with E-state index in [-0.39, 0.29) is 48.1 Å². The monoisotopic (exact) mass is 1040 g/mol. The second kappa shape index (κ2) is 27.3. The zero-order chi connectivity index (χ0) is 53.0. The highest BCUT2D eigenvalue weighted by Gasteiger charge is 2.37. The highest BCUT2D eigenvalue weighted by atomic mass is 16.5. The molecule has 2 N–H and O–H groups in total. The highest BCUT2D eigenvalue weighted by molar-refractivity contribution is 5.84. The summed E-state index contributed by atoms with van der Waals surface area (Å²) in [5, 5.41) is 6.85. The Kier molecular flexibility index (Phi) is 20.1. The first-order valence-corrected chi connectivity index (χ1v) is 29.3. The first-order chi connectivity index (χ1) is 36.9. The van der Waals surface area contributed by atoms with E-state index in [1.54, 1.807) is 13.8 Å². The van der Waals surface area contributed by atoms with E-state index >= 15 is 0 Å². The van der Waals surface area contributed by atoms with E-state index in [9.17, 15) is 9.59 Å². The summed E-state index contributed by atoms with van der Waals surface area (Å²) in [6.45, 7) is 19.4. The molecule has 4 aromatic rings. The van der Waals surface area contributed by atoms with Gasteiger partial charge in [0.2, 0.25) is 0 Å². The molecule has 14 heteroatoms. The Morgan fingerprint density at radius 2 is 1.04 bits per heavy atom. The van der Waals surface area contributed by atoms with Crippen LogP contribution in [0.5, 0.6) is 0 Å². The van der Waals surface area contributed by atoms with E-state index in [0.717, 1.165) is 173 Å². The topological polar surface area (TPSA) is 153 Å². The maximum atomic E-state index is 12.9. The van der Waals surface area contributed by atoms with E-state index in [1.165, 1.54) is 49.7 Å². The largest absolute Gasteiger partial charge is 0.377 e. The summed E-state index contributed by atoms with van der Waals surface area (Å²) in [5.74, 6) is 3.61. The van der Waals surface area contributed by atoms with Gasteiger partial charge >= 0.3 is 0 Å². The molecule has 4 aromatic heterocycles. The van der Waals surface area contributed by atoms with Crippen molar-refractivity contribution in [1.82, 2.24) is 29.7 Å². The number of aryl methyl sites for hydroxylation is 4. The predicted octanol–water partition coefficient (Wildman–Crippen LogP) is 10.8. The number of hydrogen-bond acceptors (Lipinski definition) is 14. The third-order valence-electron chi connectivity index (χ3n) is 15.9. The maximum absolute atomic E-state index is 12.9. The van der Waals surface area contributed by atoms with Gasteiger partial charge in [-0.15, -0.1) is 0 Å². The van der Waals surface area contributed by atoms with Crippen molar-refractivity contribution < 1.29 is 28.5 Å². The Labute approximate surface area is 453 Å². The van der Waals surface area contributed by atoms with Crippen molar-refractivity contribution in [1.29, 1.82) is 0 Å². The number of ketones is 2. The number of nitrogens with zero attached hydrogens (tertiary/aromatic N) is 6. The second-order valence-corrected chi connectivity index (χ2v) is 23.1. The molecule has 4 aliphatic heterocycles. The van der Waals surface area contributed by atoms with Gasteiger partial charge in [0.05, 0.1) is 49.7 Å². The molecular formula is C62H88N8O6. The molecule has 6 aliphatic rings. The number of Topliss-reactive ketones (excluding diaryl/α,β-unsaturated/α-hetero) is 2. The molecule has 4 atom stereocenters. The molecule has 0 radical (unpaired) electrons. The first-order valence-electron chi connectivity index (χ1n) is 29.3. The summed E-state index contributed by atoms with van der Waals surface area (Å²) in [4.78, 5) is 49.6. The van der Waals surface area contributed by atoms with Crippen LogP contribution in [0.3, 0.4) is 0 Å². The molecule has 14 nitrogen and oxygen atoms in total. The molecule has 2 saturated carbocycles. The summed E-state index contributed by atoms with van der Waals surface area (Å²) < 4.78 is 24.5. The Hall–Kier alpha value is -4.70. The smallest absolute Gasteiger partial charge is 0.151 e. The lowest BCUT2D eigenvalue weighted by Gasteiger charge is -2.28. The zero-order valence-corrected chi connectivity index (χ0v) is 46.8. The van der Waals surface area contributed by atoms with Crippen LogP contribution in [0.15, 0.2) is 48.8 Å². The van der Waals surface area contributed by atoms with Crippen LogP contribution in [0.2, 0.25) is 0 Å². The molecule has 0 bridgehead atoms. The van der Waals surface area contributed by atoms with Crippen LogP contribution in [0.1, 0.15) is 199 Å². The molecule has 0 unspecified atom stereocenters. The molecule has 4 fully saturated rings. The van der Waals surface area contributed by atoms with E-state index in [4.69, 9.17) is 38.9 Å². The minimum absolute atomic E-state index is 0.139. The number of ether oxygens (including phenoxy) is 4. The van der Waals surface area contributed by atoms with Gasteiger partial charge in [-0.25, -0.2) is 9.97 Å². The standard InChI is InChI=1S/2C31H44N4O3/c2*1-21(2)38-20-25-17-29(23-9-10-23)33-18-28(25)30(22(3)36)35-15-13-27(19-35)37-16-5-4-8-26-12-11-24-7-6-14-32-31(24)34-26/h2*11-12,17-18,21,23,27,30H,4-10,13-16,19-20H2,1-3H3,(H,32,34)/t27-,30+;27-,30-/m11/s1. The number of fused-ring (bicyclic) bond motifs is 2. The molecular weight excluding hydrogens is 953 g/mol. The van der Waals surface area contributed by atoms with Crippen LogP contribution in [0.4, 0.5) is 11.6 Å². The van der Waals surface area contributed by atoms with Crippen molar-refractivity contribution in [3.8, 4) is 0 Å². The summed E-state index contributed by atoms with van der Waals surface area (Å²) in [7, 11) is 0. The fourth-order valence-corrected chi connectivity index (χ4v) is 11.4. The zero-order valence-electron chi connectivity index (χ0n) is 46.8. The molecule has 2 saturated heterocycles. The number of likely N-dealkylation sites (tertiary alicyclic amines) is 2. The van der Waals surface area contributed by atoms with Gasteiger partial charge < -0.3 is 29.6 Å². The van der Waals surface area contributed by atoms with Crippen molar-refractivity contribution in [2.24, 2.45) is 0 Å². The lowest BCUT2D eigenvalue weighted by atomic mass is 9.97. The van der Waals surface area contributed by atoms with Crippen LogP contribution in [0.25, 0.3) is 0 Å². The SMILES string of the molecule is CC(=O)[C@@H](c1cnc(C2CC2)cc1COC(C)C)N1CC[C@@H](OCCCCc2ccc3c(n2)NCCC3)C1.CC(=O)[C@H](c1cnc(C2CC2)cc1COC(C)C)N1CC[C@@H](OCCCCc2ccc3c(n2)NCCC3)C1. The number of unbranched alkanes of at least 4 members (excludes halogenated alkanes) is 2. The van der Waals surface area contributed by atoms with Crippen molar-refractivity contribution >= 4 is 23.2 Å². The van der Waals surface area contributed by atoms with Crippen LogP contribution in [0, 0.1) is 0 Å². The lowest BCUT2D eigenvalue weighted by Crippen LogP contribution is -2.33. The molecule has 10 rings (SSSR count). The van der Waals surface area contributed by atoms with Crippen LogP contribution in [-0.4, -0.2) is 118 Å². The third kappa shape index (κ3) is 15.7. The number of carbonyl (C=O) groups is 2. The van der Waals surface area contributed by atoms with Gasteiger partial charge in [-0.2, -0.15) is 0 Å². The second-order valence-electron chi connectivity index (χ2n) is 23.1. The van der Waals surface area contributed by atoms with E-state index in [1.807, 2.05) is 40.1 Å². The van der Waals surface area contributed by atoms with Crippen LogP contribution >= 0.6 is 0 Å². The summed E-state index contributed by atoms with van der Waals surface area (Å²) in [5.41, 5.74) is 11.5. The number of rotatable bonds is 26. The summed E-state index contributed by atoms with van der Waals surface area (Å²) >= 11 is 0. The molecule has 2 aliphatic carbocycles. The minimum Gasteiger partial charge on any atom is -0.377 e. The fraction of sp³-hybridized carbons (Fsp3) is 0.645. The molecule has 8 heterocycles. The van der Waals surface area contributed by atoms with E-state index < -0.39 is 0 Å². The summed E-state index contributed by atoms with van der Waals surface area (Å²) in [6.07, 6.45) is 22.0. The van der Waals surface area contributed by atoms with Crippen LogP contribution < -0.4 is 10.6 Å². The van der Waals surface area contributed by atoms with Gasteiger partial charge in [0.1, 0.15) is 11.6 Å². The van der Waals surface area contributed by atoms with E-state index in [0.29, 0.717) is 25.0 Å². The minimum atomic E-state index is -0.293. The number of anilines is 2. The third-order valence-corrected chi connectivity index (χ3v) is 15.9. The van der Waals surface area contributed by atoms with Crippen molar-refractivity contribution in [3.63, 3.8) is 0 Å². The average molecular weight is 1040 g/mol. The van der Waals surface area contributed by atoms with Crippen molar-refractivity contribution in [2.75, 3.05) is 63.1 Å². The van der Waals surface area contributed by atoms with Crippen molar-refractivity contribution in [3.05, 3.63) is 105 Å². The average Bonchev–Trinajstić information content (AvgIpc) is 4.36. The number of nitrogens with one attached hydrogen (secondary N) is 2. The molecule has 76 heavy (non-hydrogen) atoms. The van der Waals surface area contributed by atoms with Gasteiger partial charge in [-0.05, 0) is 191 Å². The van der Waals surface area contributed by atoms with Gasteiger partial charge in [0, 0.05) is 111 Å². The molecule has 0 amide bonds. The Morgan fingerprint density at radius 1 is 0.605 bits per heavy atom. The number of aromatic nitrogens is 4. The highest BCUT2D eigenvalue weighted by Crippen LogP contribution is 2.42. The van der Waals surface area contributed by atoms with Gasteiger partial charge in [0.25, 0.3) is 0 Å². The van der Waals surface area contributed by atoms with Gasteiger partial charge in [0.15, 0.2) is 11.6 Å². The molecule has 412 valence electrons. The van der Waals surface area contributed by atoms with Crippen LogP contribution in [-0.2, 0) is 67.4 Å². The normalized spacial score (nSPS) is 20.4. The Morgan fingerprint density at radius 3 is 1.43 bits per heavy atom. The van der Waals surface area contributed by atoms with Gasteiger partial charge in [-0.3, -0.25) is 29.4 Å². The number of carbonyl (C=O) groups excluding carboxylic acids is 2. The Balaban J connectivity index is 0.000000186. The summed E-state index contributed by atoms with van der Waals surface area (Å²) in [6, 6.07) is 12.6. The molecule has 0 spiro atoms. The first kappa shape index (κ1) is 56.0. The Bertz CT molecular complexity index is 2370. The fourth-order valence-electron chi connectivity index (χ4n) is 11.4. The van der Waals surface area contributed by atoms with Gasteiger partial charge in [-0.1, -0.05) is 12.1 Å². The lowest BCUT2D eigenvalue weighted by molar-refractivity contribution is -0.123. The quantitative estimate of drug-likeness (QED) is 0.0574. The maximum Gasteiger partial charge on any atom is 0.151 e. The molecule has 0 aromatic carbocycles. The van der Waals surface area contributed by atoms with Crippen molar-refractivity contribution in [2.45, 2.75) is 206 Å².